The number of hydrogen-bond donors (Lipinski definition) is 1. The molecule has 0 aliphatic carbocycles. The molecular weight excluding hydrogens is 250 g/mol. The Morgan fingerprint density at radius 3 is 2.84 bits per heavy atom. The van der Waals surface area contributed by atoms with Gasteiger partial charge in [0.05, 0.1) is 17.6 Å². The monoisotopic (exact) mass is 267 g/mol. The van der Waals surface area contributed by atoms with E-state index in [0.717, 1.165) is 0 Å². The van der Waals surface area contributed by atoms with Gasteiger partial charge in [0.15, 0.2) is 0 Å². The fraction of sp³-hybridized carbons (Fsp3) is 0.636. The second-order valence-corrected chi connectivity index (χ2v) is 4.44. The van der Waals surface area contributed by atoms with Gasteiger partial charge in [-0.05, 0) is 13.8 Å². The van der Waals surface area contributed by atoms with E-state index in [1.165, 1.54) is 0 Å². The van der Waals surface area contributed by atoms with Gasteiger partial charge in [0, 0.05) is 20.1 Å². The topological polar surface area (TPSA) is 93.4 Å². The van der Waals surface area contributed by atoms with E-state index in [9.17, 15) is 10.1 Å². The molecule has 19 heavy (non-hydrogen) atoms. The van der Waals surface area contributed by atoms with Crippen molar-refractivity contribution in [1.29, 1.82) is 0 Å². The molecule has 0 saturated carbocycles. The predicted octanol–water partition coefficient (Wildman–Crippen LogP) is 0.960. The van der Waals surface area contributed by atoms with Crippen LogP contribution in [0.4, 0.5) is 17.5 Å². The Morgan fingerprint density at radius 1 is 1.53 bits per heavy atom. The van der Waals surface area contributed by atoms with Crippen molar-refractivity contribution in [3.05, 3.63) is 15.8 Å². The standard InChI is InChI=1S/C11H17N5O3/c1-7-6-15(4-5-19-7)10-9(16(17)18)8(2)13-11(12-3)14-10/h7H,4-6H2,1-3H3,(H,12,13,14). The van der Waals surface area contributed by atoms with Crippen molar-refractivity contribution in [3.8, 4) is 0 Å². The third kappa shape index (κ3) is 2.73. The number of aryl methyl sites for hydroxylation is 1. The minimum atomic E-state index is -0.426. The first kappa shape index (κ1) is 13.5. The highest BCUT2D eigenvalue weighted by molar-refractivity contribution is 5.62. The van der Waals surface area contributed by atoms with E-state index >= 15 is 0 Å². The number of ether oxygens (including phenoxy) is 1. The van der Waals surface area contributed by atoms with Crippen LogP contribution in [-0.2, 0) is 4.74 Å². The van der Waals surface area contributed by atoms with Gasteiger partial charge in [0.2, 0.25) is 11.8 Å². The SMILES string of the molecule is CNc1nc(C)c([N+](=O)[O-])c(N2CCOC(C)C2)n1. The summed E-state index contributed by atoms with van der Waals surface area (Å²) in [6, 6.07) is 0. The minimum Gasteiger partial charge on any atom is -0.375 e. The second-order valence-electron chi connectivity index (χ2n) is 4.44. The number of nitrogens with one attached hydrogen (secondary N) is 1. The van der Waals surface area contributed by atoms with Gasteiger partial charge < -0.3 is 15.0 Å². The number of nitrogens with zero attached hydrogens (tertiary/aromatic N) is 4. The van der Waals surface area contributed by atoms with E-state index in [2.05, 4.69) is 15.3 Å². The first-order valence-corrected chi connectivity index (χ1v) is 6.10. The van der Waals surface area contributed by atoms with Gasteiger partial charge in [-0.2, -0.15) is 4.98 Å². The van der Waals surface area contributed by atoms with Crippen LogP contribution >= 0.6 is 0 Å². The van der Waals surface area contributed by atoms with Crippen LogP contribution in [0.5, 0.6) is 0 Å². The zero-order chi connectivity index (χ0) is 14.0. The number of anilines is 2. The Hall–Kier alpha value is -1.96. The lowest BCUT2D eigenvalue weighted by Crippen LogP contribution is -2.42. The molecule has 0 aromatic carbocycles. The van der Waals surface area contributed by atoms with Gasteiger partial charge in [-0.25, -0.2) is 4.98 Å². The van der Waals surface area contributed by atoms with Crippen molar-refractivity contribution in [2.24, 2.45) is 0 Å². The smallest absolute Gasteiger partial charge is 0.332 e. The lowest BCUT2D eigenvalue weighted by molar-refractivity contribution is -0.385. The zero-order valence-electron chi connectivity index (χ0n) is 11.2. The Balaban J connectivity index is 2.46. The van der Waals surface area contributed by atoms with Crippen molar-refractivity contribution in [2.45, 2.75) is 20.0 Å². The number of morpholine rings is 1. The molecule has 2 heterocycles. The second kappa shape index (κ2) is 5.35. The number of hydrogen-bond acceptors (Lipinski definition) is 7. The molecule has 1 N–H and O–H groups in total. The van der Waals surface area contributed by atoms with Crippen LogP contribution in [0.3, 0.4) is 0 Å². The van der Waals surface area contributed by atoms with E-state index in [0.29, 0.717) is 37.2 Å². The zero-order valence-corrected chi connectivity index (χ0v) is 11.2. The number of rotatable bonds is 3. The Morgan fingerprint density at radius 2 is 2.26 bits per heavy atom. The molecule has 1 fully saturated rings. The lowest BCUT2D eigenvalue weighted by atomic mass is 10.2. The predicted molar refractivity (Wildman–Crippen MR) is 70.6 cm³/mol. The van der Waals surface area contributed by atoms with Gasteiger partial charge in [-0.3, -0.25) is 10.1 Å². The molecule has 1 atom stereocenters. The highest BCUT2D eigenvalue weighted by atomic mass is 16.6. The van der Waals surface area contributed by atoms with Crippen LogP contribution in [0.2, 0.25) is 0 Å². The minimum absolute atomic E-state index is 0.0293. The highest BCUT2D eigenvalue weighted by Crippen LogP contribution is 2.30. The Bertz CT molecular complexity index is 493. The van der Waals surface area contributed by atoms with Crippen molar-refractivity contribution in [1.82, 2.24) is 9.97 Å². The molecule has 1 unspecified atom stereocenters. The maximum absolute atomic E-state index is 11.2. The lowest BCUT2D eigenvalue weighted by Gasteiger charge is -2.31. The summed E-state index contributed by atoms with van der Waals surface area (Å²) in [6.45, 7) is 5.26. The molecule has 0 spiro atoms. The quantitative estimate of drug-likeness (QED) is 0.644. The molecule has 1 aromatic heterocycles. The molecule has 1 aliphatic heterocycles. The van der Waals surface area contributed by atoms with Crippen molar-refractivity contribution < 1.29 is 9.66 Å². The van der Waals surface area contributed by atoms with Gasteiger partial charge in [-0.15, -0.1) is 0 Å². The van der Waals surface area contributed by atoms with Crippen LogP contribution in [0.15, 0.2) is 0 Å². The van der Waals surface area contributed by atoms with E-state index in [-0.39, 0.29) is 11.8 Å². The first-order valence-electron chi connectivity index (χ1n) is 6.10. The number of aromatic nitrogens is 2. The molecule has 1 saturated heterocycles. The summed E-state index contributed by atoms with van der Waals surface area (Å²) >= 11 is 0. The van der Waals surface area contributed by atoms with Crippen LogP contribution < -0.4 is 10.2 Å². The molecular formula is C11H17N5O3. The summed E-state index contributed by atoms with van der Waals surface area (Å²) in [4.78, 5) is 21.0. The fourth-order valence-corrected chi connectivity index (χ4v) is 2.11. The van der Waals surface area contributed by atoms with Crippen molar-refractivity contribution in [3.63, 3.8) is 0 Å². The van der Waals surface area contributed by atoms with Crippen LogP contribution in [0.1, 0.15) is 12.6 Å². The summed E-state index contributed by atoms with van der Waals surface area (Å²) < 4.78 is 5.45. The van der Waals surface area contributed by atoms with E-state index in [1.54, 1.807) is 14.0 Å². The third-order valence-electron chi connectivity index (χ3n) is 2.99. The van der Waals surface area contributed by atoms with E-state index in [4.69, 9.17) is 4.74 Å². The summed E-state index contributed by atoms with van der Waals surface area (Å²) in [7, 11) is 1.69. The molecule has 104 valence electrons. The van der Waals surface area contributed by atoms with Crippen LogP contribution in [-0.4, -0.2) is 47.7 Å². The van der Waals surface area contributed by atoms with Crippen LogP contribution in [0, 0.1) is 17.0 Å². The van der Waals surface area contributed by atoms with Crippen molar-refractivity contribution >= 4 is 17.5 Å². The molecule has 0 bridgehead atoms. The molecule has 1 aliphatic rings. The Kier molecular flexibility index (Phi) is 3.79. The maximum atomic E-state index is 11.2. The van der Waals surface area contributed by atoms with E-state index < -0.39 is 4.92 Å². The summed E-state index contributed by atoms with van der Waals surface area (Å²) in [5.74, 6) is 0.745. The maximum Gasteiger partial charge on any atom is 0.332 e. The average Bonchev–Trinajstić information content (AvgIpc) is 2.37. The van der Waals surface area contributed by atoms with E-state index in [1.807, 2.05) is 11.8 Å². The molecule has 8 heteroatoms. The molecule has 8 nitrogen and oxygen atoms in total. The largest absolute Gasteiger partial charge is 0.375 e. The number of nitro groups is 1. The van der Waals surface area contributed by atoms with Crippen LogP contribution in [0.25, 0.3) is 0 Å². The summed E-state index contributed by atoms with van der Waals surface area (Å²) in [5, 5.41) is 14.0. The normalized spacial score (nSPS) is 19.3. The Labute approximate surface area is 110 Å². The van der Waals surface area contributed by atoms with Gasteiger partial charge in [0.1, 0.15) is 5.69 Å². The molecule has 0 amide bonds. The first-order chi connectivity index (χ1) is 9.02. The third-order valence-corrected chi connectivity index (χ3v) is 2.99. The fourth-order valence-electron chi connectivity index (χ4n) is 2.11. The van der Waals surface area contributed by atoms with Gasteiger partial charge >= 0.3 is 5.69 Å². The molecule has 2 rings (SSSR count). The summed E-state index contributed by atoms with van der Waals surface area (Å²) in [5.41, 5.74) is 0.326. The highest BCUT2D eigenvalue weighted by Gasteiger charge is 2.29. The average molecular weight is 267 g/mol. The van der Waals surface area contributed by atoms with Gasteiger partial charge in [0.25, 0.3) is 0 Å². The van der Waals surface area contributed by atoms with Gasteiger partial charge in [-0.1, -0.05) is 0 Å². The van der Waals surface area contributed by atoms with Crippen molar-refractivity contribution in [2.75, 3.05) is 37.0 Å². The molecule has 0 radical (unpaired) electrons. The molecule has 1 aromatic rings. The summed E-state index contributed by atoms with van der Waals surface area (Å²) in [6.07, 6.45) is 0.0293.